The molecule has 0 saturated heterocycles. The van der Waals surface area contributed by atoms with Crippen molar-refractivity contribution in [1.29, 1.82) is 0 Å². The molecular weight excluding hydrogens is 280 g/mol. The highest BCUT2D eigenvalue weighted by Gasteiger charge is 2.24. The highest BCUT2D eigenvalue weighted by atomic mass is 79.9. The van der Waals surface area contributed by atoms with Gasteiger partial charge < -0.3 is 10.4 Å². The molecule has 1 rings (SSSR count). The summed E-state index contributed by atoms with van der Waals surface area (Å²) in [6.45, 7) is 4.94. The van der Waals surface area contributed by atoms with Crippen molar-refractivity contribution in [2.75, 3.05) is 5.32 Å². The molecule has 1 unspecified atom stereocenters. The predicted octanol–water partition coefficient (Wildman–Crippen LogP) is 3.30. The van der Waals surface area contributed by atoms with Gasteiger partial charge in [0.2, 0.25) is 0 Å². The molecule has 90 valence electrons. The minimum Gasteiger partial charge on any atom is -0.388 e. The first kappa shape index (κ1) is 13.4. The average Bonchev–Trinajstić information content (AvgIpc) is 2.08. The second-order valence-electron chi connectivity index (χ2n) is 4.26. The number of rotatable bonds is 3. The lowest BCUT2D eigenvalue weighted by atomic mass is 10.0. The zero-order valence-corrected chi connectivity index (χ0v) is 10.9. The number of aliphatic hydroxyl groups is 1. The standard InChI is InChI=1S/C11H14BrF2NO/c1-6(11(2,3)16)15-10-8(12)4-7(13)5-9(10)14/h4-6,15-16H,1-3H3. The molecule has 0 spiro atoms. The second-order valence-corrected chi connectivity index (χ2v) is 5.12. The monoisotopic (exact) mass is 293 g/mol. The molecule has 5 heteroatoms. The number of benzene rings is 1. The summed E-state index contributed by atoms with van der Waals surface area (Å²) < 4.78 is 26.6. The van der Waals surface area contributed by atoms with Crippen LogP contribution >= 0.6 is 15.9 Å². The first-order valence-electron chi connectivity index (χ1n) is 4.85. The van der Waals surface area contributed by atoms with Crippen molar-refractivity contribution < 1.29 is 13.9 Å². The minimum absolute atomic E-state index is 0.149. The Morgan fingerprint density at radius 3 is 2.38 bits per heavy atom. The Morgan fingerprint density at radius 2 is 1.94 bits per heavy atom. The summed E-state index contributed by atoms with van der Waals surface area (Å²) >= 11 is 3.07. The van der Waals surface area contributed by atoms with Gasteiger partial charge in [-0.15, -0.1) is 0 Å². The van der Waals surface area contributed by atoms with Crippen LogP contribution in [0.5, 0.6) is 0 Å². The van der Waals surface area contributed by atoms with Crippen LogP contribution in [0.3, 0.4) is 0 Å². The lowest BCUT2D eigenvalue weighted by Gasteiger charge is -2.28. The van der Waals surface area contributed by atoms with E-state index >= 15 is 0 Å². The van der Waals surface area contributed by atoms with Crippen LogP contribution < -0.4 is 5.32 Å². The molecule has 0 aromatic heterocycles. The Balaban J connectivity index is 2.98. The zero-order valence-electron chi connectivity index (χ0n) is 9.31. The molecule has 0 amide bonds. The van der Waals surface area contributed by atoms with E-state index in [1.165, 1.54) is 6.07 Å². The van der Waals surface area contributed by atoms with Crippen LogP contribution in [0.15, 0.2) is 16.6 Å². The Labute approximate surface area is 102 Å². The van der Waals surface area contributed by atoms with Gasteiger partial charge in [0, 0.05) is 10.5 Å². The molecule has 0 radical (unpaired) electrons. The molecule has 1 atom stereocenters. The van der Waals surface area contributed by atoms with Crippen molar-refractivity contribution in [2.45, 2.75) is 32.4 Å². The number of hydrogen-bond donors (Lipinski definition) is 2. The molecular formula is C11H14BrF2NO. The first-order valence-corrected chi connectivity index (χ1v) is 5.64. The largest absolute Gasteiger partial charge is 0.388 e. The van der Waals surface area contributed by atoms with E-state index in [0.717, 1.165) is 6.07 Å². The highest BCUT2D eigenvalue weighted by molar-refractivity contribution is 9.10. The first-order chi connectivity index (χ1) is 7.21. The lowest BCUT2D eigenvalue weighted by Crippen LogP contribution is -2.39. The van der Waals surface area contributed by atoms with Crippen molar-refractivity contribution in [2.24, 2.45) is 0 Å². The number of hydrogen-bond acceptors (Lipinski definition) is 2. The number of nitrogens with one attached hydrogen (secondary N) is 1. The maximum Gasteiger partial charge on any atom is 0.150 e. The van der Waals surface area contributed by atoms with Crippen LogP contribution in [0.1, 0.15) is 20.8 Å². The maximum atomic E-state index is 13.4. The smallest absolute Gasteiger partial charge is 0.150 e. The quantitative estimate of drug-likeness (QED) is 0.896. The van der Waals surface area contributed by atoms with Crippen molar-refractivity contribution in [1.82, 2.24) is 0 Å². The van der Waals surface area contributed by atoms with Crippen LogP contribution in [0.2, 0.25) is 0 Å². The van der Waals surface area contributed by atoms with Gasteiger partial charge in [-0.05, 0) is 42.8 Å². The average molecular weight is 294 g/mol. The van der Waals surface area contributed by atoms with Gasteiger partial charge in [0.05, 0.1) is 17.3 Å². The molecule has 1 aromatic carbocycles. The normalized spacial score (nSPS) is 13.7. The van der Waals surface area contributed by atoms with Crippen molar-refractivity contribution >= 4 is 21.6 Å². The molecule has 2 N–H and O–H groups in total. The SMILES string of the molecule is CC(Nc1c(F)cc(F)cc1Br)C(C)(C)O. The van der Waals surface area contributed by atoms with Crippen LogP contribution in [0.4, 0.5) is 14.5 Å². The molecule has 0 aliphatic heterocycles. The fourth-order valence-electron chi connectivity index (χ4n) is 1.07. The Kier molecular flexibility index (Phi) is 3.91. The van der Waals surface area contributed by atoms with Gasteiger partial charge in [0.25, 0.3) is 0 Å². The summed E-state index contributed by atoms with van der Waals surface area (Å²) in [5, 5.41) is 12.5. The summed E-state index contributed by atoms with van der Waals surface area (Å²) in [5.41, 5.74) is -0.851. The molecule has 0 aliphatic rings. The summed E-state index contributed by atoms with van der Waals surface area (Å²) in [7, 11) is 0. The molecule has 0 bridgehead atoms. The van der Waals surface area contributed by atoms with Gasteiger partial charge in [-0.2, -0.15) is 0 Å². The Hall–Kier alpha value is -0.680. The molecule has 1 aromatic rings. The third kappa shape index (κ3) is 3.15. The third-order valence-corrected chi connectivity index (χ3v) is 3.05. The van der Waals surface area contributed by atoms with E-state index in [4.69, 9.17) is 0 Å². The Morgan fingerprint density at radius 1 is 1.38 bits per heavy atom. The zero-order chi connectivity index (χ0) is 12.5. The van der Waals surface area contributed by atoms with E-state index in [1.54, 1.807) is 20.8 Å². The van der Waals surface area contributed by atoms with Crippen LogP contribution in [-0.4, -0.2) is 16.7 Å². The fourth-order valence-corrected chi connectivity index (χ4v) is 1.60. The van der Waals surface area contributed by atoms with Gasteiger partial charge in [-0.1, -0.05) is 0 Å². The molecule has 2 nitrogen and oxygen atoms in total. The summed E-state index contributed by atoms with van der Waals surface area (Å²) in [6.07, 6.45) is 0. The number of halogens is 3. The highest BCUT2D eigenvalue weighted by Crippen LogP contribution is 2.28. The van der Waals surface area contributed by atoms with Gasteiger partial charge >= 0.3 is 0 Å². The van der Waals surface area contributed by atoms with Crippen LogP contribution in [0.25, 0.3) is 0 Å². The topological polar surface area (TPSA) is 32.3 Å². The van der Waals surface area contributed by atoms with E-state index in [-0.39, 0.29) is 11.7 Å². The van der Waals surface area contributed by atoms with Gasteiger partial charge in [-0.25, -0.2) is 8.78 Å². The van der Waals surface area contributed by atoms with Crippen LogP contribution in [0, 0.1) is 11.6 Å². The van der Waals surface area contributed by atoms with Crippen molar-refractivity contribution in [3.8, 4) is 0 Å². The molecule has 16 heavy (non-hydrogen) atoms. The molecule has 0 heterocycles. The second kappa shape index (κ2) is 4.67. The van der Waals surface area contributed by atoms with Gasteiger partial charge in [-0.3, -0.25) is 0 Å². The predicted molar refractivity (Wildman–Crippen MR) is 63.4 cm³/mol. The lowest BCUT2D eigenvalue weighted by molar-refractivity contribution is 0.0648. The summed E-state index contributed by atoms with van der Waals surface area (Å²) in [5.74, 6) is -1.34. The van der Waals surface area contributed by atoms with E-state index in [9.17, 15) is 13.9 Å². The minimum atomic E-state index is -1.000. The molecule has 0 fully saturated rings. The fraction of sp³-hybridized carbons (Fsp3) is 0.455. The van der Waals surface area contributed by atoms with Gasteiger partial charge in [0.15, 0.2) is 0 Å². The van der Waals surface area contributed by atoms with Crippen molar-refractivity contribution in [3.05, 3.63) is 28.2 Å². The molecule has 0 aliphatic carbocycles. The Bertz CT molecular complexity index is 367. The van der Waals surface area contributed by atoms with E-state index < -0.39 is 17.2 Å². The van der Waals surface area contributed by atoms with E-state index in [2.05, 4.69) is 21.2 Å². The summed E-state index contributed by atoms with van der Waals surface area (Å²) in [4.78, 5) is 0. The third-order valence-electron chi connectivity index (χ3n) is 2.43. The number of anilines is 1. The molecule has 0 saturated carbocycles. The van der Waals surface area contributed by atoms with Crippen LogP contribution in [-0.2, 0) is 0 Å². The van der Waals surface area contributed by atoms with Crippen molar-refractivity contribution in [3.63, 3.8) is 0 Å². The summed E-state index contributed by atoms with van der Waals surface area (Å²) in [6, 6.07) is 1.59. The van der Waals surface area contributed by atoms with Gasteiger partial charge in [0.1, 0.15) is 11.6 Å². The maximum absolute atomic E-state index is 13.4. The van der Waals surface area contributed by atoms with E-state index in [1.807, 2.05) is 0 Å². The van der Waals surface area contributed by atoms with E-state index in [0.29, 0.717) is 4.47 Å².